The third-order valence-electron chi connectivity index (χ3n) is 4.56. The molecule has 0 amide bonds. The standard InChI is InChI=1S/C19H23NO/c1-15-5-3-6-17(13-15)19(21-2,11-10-16-8-9-16)18-7-4-12-20-14-18/h3-7,12-14,16H,8-11H2,1-2H3. The first-order valence-electron chi connectivity index (χ1n) is 7.77. The summed E-state index contributed by atoms with van der Waals surface area (Å²) in [5, 5.41) is 0. The summed E-state index contributed by atoms with van der Waals surface area (Å²) in [6.45, 7) is 2.13. The first kappa shape index (κ1) is 14.3. The van der Waals surface area contributed by atoms with Crippen LogP contribution in [0.3, 0.4) is 0 Å². The molecule has 0 bridgehead atoms. The molecule has 1 aromatic carbocycles. The lowest BCUT2D eigenvalue weighted by Crippen LogP contribution is -2.30. The van der Waals surface area contributed by atoms with Gasteiger partial charge in [-0.15, -0.1) is 0 Å². The minimum atomic E-state index is -0.372. The Morgan fingerprint density at radius 2 is 2.00 bits per heavy atom. The van der Waals surface area contributed by atoms with Crippen molar-refractivity contribution in [1.82, 2.24) is 4.98 Å². The lowest BCUT2D eigenvalue weighted by Gasteiger charge is -2.34. The Balaban J connectivity index is 2.03. The first-order valence-corrected chi connectivity index (χ1v) is 7.77. The molecule has 2 heteroatoms. The summed E-state index contributed by atoms with van der Waals surface area (Å²) in [4.78, 5) is 4.31. The van der Waals surface area contributed by atoms with Crippen LogP contribution in [0.4, 0.5) is 0 Å². The third kappa shape index (κ3) is 3.01. The summed E-state index contributed by atoms with van der Waals surface area (Å²) in [5.41, 5.74) is 3.28. The minimum absolute atomic E-state index is 0.372. The molecule has 21 heavy (non-hydrogen) atoms. The predicted octanol–water partition coefficient (Wildman–Crippen LogP) is 4.47. The summed E-state index contributed by atoms with van der Waals surface area (Å²) in [6, 6.07) is 12.8. The highest BCUT2D eigenvalue weighted by Gasteiger charge is 2.36. The van der Waals surface area contributed by atoms with Gasteiger partial charge >= 0.3 is 0 Å². The van der Waals surface area contributed by atoms with Crippen molar-refractivity contribution < 1.29 is 4.74 Å². The molecule has 0 radical (unpaired) electrons. The maximum Gasteiger partial charge on any atom is 0.119 e. The second-order valence-corrected chi connectivity index (χ2v) is 6.12. The van der Waals surface area contributed by atoms with Crippen molar-refractivity contribution >= 4 is 0 Å². The molecule has 2 aromatic rings. The van der Waals surface area contributed by atoms with Crippen molar-refractivity contribution in [3.63, 3.8) is 0 Å². The Morgan fingerprint density at radius 1 is 1.19 bits per heavy atom. The maximum atomic E-state index is 6.10. The van der Waals surface area contributed by atoms with E-state index < -0.39 is 0 Å². The molecule has 1 atom stereocenters. The number of pyridine rings is 1. The molecule has 1 heterocycles. The number of methoxy groups -OCH3 is 1. The molecule has 1 unspecified atom stereocenters. The summed E-state index contributed by atoms with van der Waals surface area (Å²) >= 11 is 0. The molecule has 1 aliphatic rings. The van der Waals surface area contributed by atoms with Gasteiger partial charge in [-0.1, -0.05) is 48.7 Å². The number of hydrogen-bond donors (Lipinski definition) is 0. The van der Waals surface area contributed by atoms with Crippen LogP contribution in [0, 0.1) is 12.8 Å². The monoisotopic (exact) mass is 281 g/mol. The van der Waals surface area contributed by atoms with Crippen LogP contribution < -0.4 is 0 Å². The van der Waals surface area contributed by atoms with Gasteiger partial charge in [-0.3, -0.25) is 4.98 Å². The molecule has 3 rings (SSSR count). The zero-order chi connectivity index (χ0) is 14.7. The topological polar surface area (TPSA) is 22.1 Å². The minimum Gasteiger partial charge on any atom is -0.369 e. The van der Waals surface area contributed by atoms with E-state index >= 15 is 0 Å². The van der Waals surface area contributed by atoms with Crippen LogP contribution in [0.15, 0.2) is 48.8 Å². The fraction of sp³-hybridized carbons (Fsp3) is 0.421. The van der Waals surface area contributed by atoms with Gasteiger partial charge in [-0.25, -0.2) is 0 Å². The van der Waals surface area contributed by atoms with Crippen LogP contribution in [0.1, 0.15) is 42.4 Å². The van der Waals surface area contributed by atoms with Crippen molar-refractivity contribution in [2.75, 3.05) is 7.11 Å². The van der Waals surface area contributed by atoms with Crippen molar-refractivity contribution in [2.45, 2.75) is 38.2 Å². The predicted molar refractivity (Wildman–Crippen MR) is 85.2 cm³/mol. The highest BCUT2D eigenvalue weighted by atomic mass is 16.5. The number of benzene rings is 1. The van der Waals surface area contributed by atoms with Crippen molar-refractivity contribution in [3.8, 4) is 0 Å². The second kappa shape index (κ2) is 5.98. The lowest BCUT2D eigenvalue weighted by atomic mass is 9.82. The van der Waals surface area contributed by atoms with E-state index in [9.17, 15) is 0 Å². The highest BCUT2D eigenvalue weighted by molar-refractivity contribution is 5.37. The van der Waals surface area contributed by atoms with E-state index in [-0.39, 0.29) is 5.60 Å². The van der Waals surface area contributed by atoms with Crippen LogP contribution in [-0.4, -0.2) is 12.1 Å². The highest BCUT2D eigenvalue weighted by Crippen LogP contribution is 2.42. The first-order chi connectivity index (χ1) is 10.2. The zero-order valence-electron chi connectivity index (χ0n) is 12.9. The average molecular weight is 281 g/mol. The quantitative estimate of drug-likeness (QED) is 0.779. The van der Waals surface area contributed by atoms with E-state index in [1.54, 1.807) is 0 Å². The van der Waals surface area contributed by atoms with Crippen molar-refractivity contribution in [1.29, 1.82) is 0 Å². The molecule has 0 aliphatic heterocycles. The molecule has 2 nitrogen and oxygen atoms in total. The fourth-order valence-corrected chi connectivity index (χ4v) is 3.10. The molecule has 1 aromatic heterocycles. The van der Waals surface area contributed by atoms with Crippen LogP contribution in [-0.2, 0) is 10.3 Å². The van der Waals surface area contributed by atoms with Crippen LogP contribution >= 0.6 is 0 Å². The van der Waals surface area contributed by atoms with Gasteiger partial charge in [-0.2, -0.15) is 0 Å². The van der Waals surface area contributed by atoms with Crippen LogP contribution in [0.5, 0.6) is 0 Å². The van der Waals surface area contributed by atoms with Gasteiger partial charge in [0.1, 0.15) is 5.60 Å². The number of hydrogen-bond acceptors (Lipinski definition) is 2. The van der Waals surface area contributed by atoms with E-state index in [0.717, 1.165) is 17.9 Å². The van der Waals surface area contributed by atoms with E-state index in [1.807, 2.05) is 25.6 Å². The fourth-order valence-electron chi connectivity index (χ4n) is 3.10. The van der Waals surface area contributed by atoms with Crippen LogP contribution in [0.25, 0.3) is 0 Å². The van der Waals surface area contributed by atoms with Gasteiger partial charge in [-0.05, 0) is 37.3 Å². The molecule has 0 spiro atoms. The molecular formula is C19H23NO. The molecule has 1 saturated carbocycles. The smallest absolute Gasteiger partial charge is 0.119 e. The number of ether oxygens (including phenoxy) is 1. The Hall–Kier alpha value is -1.67. The summed E-state index contributed by atoms with van der Waals surface area (Å²) in [6.07, 6.45) is 8.75. The number of nitrogens with zero attached hydrogens (tertiary/aromatic N) is 1. The SMILES string of the molecule is COC(CCC1CC1)(c1cccnc1)c1cccc(C)c1. The van der Waals surface area contributed by atoms with E-state index in [1.165, 1.54) is 30.4 Å². The van der Waals surface area contributed by atoms with E-state index in [0.29, 0.717) is 0 Å². The molecule has 1 aliphatic carbocycles. The van der Waals surface area contributed by atoms with Gasteiger partial charge in [0.05, 0.1) is 0 Å². The van der Waals surface area contributed by atoms with E-state index in [2.05, 4.69) is 42.2 Å². The number of rotatable bonds is 6. The molecule has 0 N–H and O–H groups in total. The van der Waals surface area contributed by atoms with E-state index in [4.69, 9.17) is 4.74 Å². The normalized spacial score (nSPS) is 17.4. The van der Waals surface area contributed by atoms with Crippen molar-refractivity contribution in [3.05, 3.63) is 65.5 Å². The largest absolute Gasteiger partial charge is 0.369 e. The average Bonchev–Trinajstić information content (AvgIpc) is 3.34. The Kier molecular flexibility index (Phi) is 4.07. The van der Waals surface area contributed by atoms with Gasteiger partial charge in [0.2, 0.25) is 0 Å². The van der Waals surface area contributed by atoms with Gasteiger partial charge < -0.3 is 4.74 Å². The van der Waals surface area contributed by atoms with Gasteiger partial charge in [0.25, 0.3) is 0 Å². The Morgan fingerprint density at radius 3 is 2.62 bits per heavy atom. The zero-order valence-corrected chi connectivity index (χ0v) is 12.9. The molecular weight excluding hydrogens is 258 g/mol. The molecule has 1 fully saturated rings. The lowest BCUT2D eigenvalue weighted by molar-refractivity contribution is 0.0112. The van der Waals surface area contributed by atoms with Gasteiger partial charge in [0.15, 0.2) is 0 Å². The third-order valence-corrected chi connectivity index (χ3v) is 4.56. The Labute approximate surface area is 127 Å². The number of aryl methyl sites for hydroxylation is 1. The van der Waals surface area contributed by atoms with Crippen molar-refractivity contribution in [2.24, 2.45) is 5.92 Å². The summed E-state index contributed by atoms with van der Waals surface area (Å²) in [5.74, 6) is 0.890. The maximum absolute atomic E-state index is 6.10. The number of aromatic nitrogens is 1. The molecule has 0 saturated heterocycles. The van der Waals surface area contributed by atoms with Gasteiger partial charge in [0, 0.05) is 25.1 Å². The van der Waals surface area contributed by atoms with Crippen LogP contribution in [0.2, 0.25) is 0 Å². The second-order valence-electron chi connectivity index (χ2n) is 6.12. The summed E-state index contributed by atoms with van der Waals surface area (Å²) in [7, 11) is 1.82. The molecule has 110 valence electrons. The Bertz CT molecular complexity index is 592. The summed E-state index contributed by atoms with van der Waals surface area (Å²) < 4.78 is 6.10.